The van der Waals surface area contributed by atoms with Gasteiger partial charge in [0.1, 0.15) is 24.1 Å². The number of rotatable bonds is 5. The molecule has 0 atom stereocenters. The number of nitrogens with zero attached hydrogens (tertiary/aromatic N) is 3. The fraction of sp³-hybridized carbons (Fsp3) is 0.211. The highest BCUT2D eigenvalue weighted by Gasteiger charge is 2.23. The lowest BCUT2D eigenvalue weighted by Crippen LogP contribution is -2.00. The van der Waals surface area contributed by atoms with Crippen LogP contribution in [0.5, 0.6) is 23.0 Å². The molecule has 0 saturated carbocycles. The lowest BCUT2D eigenvalue weighted by molar-refractivity contribution is 0.171. The molecular weight excluding hydrogens is 350 g/mol. The highest BCUT2D eigenvalue weighted by Crippen LogP contribution is 2.44. The Bertz CT molecular complexity index is 1040. The third kappa shape index (κ3) is 3.11. The van der Waals surface area contributed by atoms with Crippen molar-refractivity contribution >= 4 is 0 Å². The molecule has 0 unspecified atom stereocenters. The number of hydrogen-bond acceptors (Lipinski definition) is 8. The minimum atomic E-state index is 0.144. The summed E-state index contributed by atoms with van der Waals surface area (Å²) >= 11 is 0. The average molecular weight is 365 g/mol. The maximum atomic E-state index is 9.09. The molecule has 136 valence electrons. The van der Waals surface area contributed by atoms with E-state index >= 15 is 0 Å². The third-order valence-corrected chi connectivity index (χ3v) is 4.04. The Labute approximate surface area is 154 Å². The van der Waals surface area contributed by atoms with Gasteiger partial charge >= 0.3 is 0 Å². The first kappa shape index (κ1) is 16.7. The molecule has 0 aliphatic carbocycles. The van der Waals surface area contributed by atoms with Crippen LogP contribution in [0, 0.1) is 18.3 Å². The fourth-order valence-electron chi connectivity index (χ4n) is 2.68. The van der Waals surface area contributed by atoms with Crippen molar-refractivity contribution in [2.75, 3.05) is 13.9 Å². The molecule has 8 heteroatoms. The number of ether oxygens (including phenoxy) is 4. The normalized spacial score (nSPS) is 11.9. The van der Waals surface area contributed by atoms with Gasteiger partial charge < -0.3 is 23.4 Å². The van der Waals surface area contributed by atoms with Gasteiger partial charge in [-0.3, -0.25) is 0 Å². The Kier molecular flexibility index (Phi) is 4.26. The van der Waals surface area contributed by atoms with Crippen molar-refractivity contribution in [3.63, 3.8) is 0 Å². The molecule has 27 heavy (non-hydrogen) atoms. The molecule has 2 aromatic heterocycles. The smallest absolute Gasteiger partial charge is 0.231 e. The molecule has 8 nitrogen and oxygen atoms in total. The van der Waals surface area contributed by atoms with Gasteiger partial charge in [0, 0.05) is 11.8 Å². The number of aryl methyl sites for hydroxylation is 1. The average Bonchev–Trinajstić information content (AvgIpc) is 3.32. The summed E-state index contributed by atoms with van der Waals surface area (Å²) in [5.41, 5.74) is 1.54. The van der Waals surface area contributed by atoms with Gasteiger partial charge in [0.15, 0.2) is 22.9 Å². The standard InChI is InChI=1S/C19H15N3O5/c1-11-14(9-24-15-4-3-5-21-13(15)8-20)22-19(27-11)12-6-16(23-2)18-17(7-12)25-10-26-18/h3-7H,9-10H2,1-2H3. The maximum absolute atomic E-state index is 9.09. The summed E-state index contributed by atoms with van der Waals surface area (Å²) in [7, 11) is 1.56. The number of fused-ring (bicyclic) bond motifs is 1. The van der Waals surface area contributed by atoms with E-state index in [9.17, 15) is 0 Å². The monoisotopic (exact) mass is 365 g/mol. The molecule has 1 aliphatic heterocycles. The lowest BCUT2D eigenvalue weighted by atomic mass is 10.2. The van der Waals surface area contributed by atoms with E-state index in [4.69, 9.17) is 28.6 Å². The molecule has 1 aliphatic rings. The van der Waals surface area contributed by atoms with Crippen molar-refractivity contribution in [3.05, 3.63) is 47.6 Å². The third-order valence-electron chi connectivity index (χ3n) is 4.04. The molecule has 3 aromatic rings. The number of benzene rings is 1. The van der Waals surface area contributed by atoms with E-state index in [1.165, 1.54) is 6.20 Å². The Morgan fingerprint density at radius 2 is 2.15 bits per heavy atom. The lowest BCUT2D eigenvalue weighted by Gasteiger charge is -2.06. The molecule has 0 bridgehead atoms. The van der Waals surface area contributed by atoms with Crippen molar-refractivity contribution in [3.8, 4) is 40.5 Å². The van der Waals surface area contributed by atoms with Crippen molar-refractivity contribution in [2.45, 2.75) is 13.5 Å². The zero-order valence-electron chi connectivity index (χ0n) is 14.7. The summed E-state index contributed by atoms with van der Waals surface area (Å²) in [5, 5.41) is 9.09. The Morgan fingerprint density at radius 3 is 2.96 bits per heavy atom. The zero-order chi connectivity index (χ0) is 18.8. The Balaban J connectivity index is 1.60. The summed E-state index contributed by atoms with van der Waals surface area (Å²) in [6, 6.07) is 8.95. The van der Waals surface area contributed by atoms with Crippen LogP contribution in [-0.2, 0) is 6.61 Å². The van der Waals surface area contributed by atoms with Gasteiger partial charge in [-0.05, 0) is 31.2 Å². The number of nitriles is 1. The van der Waals surface area contributed by atoms with E-state index in [1.54, 1.807) is 38.3 Å². The molecule has 0 amide bonds. The van der Waals surface area contributed by atoms with E-state index < -0.39 is 0 Å². The summed E-state index contributed by atoms with van der Waals surface area (Å²) in [6.45, 7) is 2.09. The van der Waals surface area contributed by atoms with Gasteiger partial charge in [-0.25, -0.2) is 9.97 Å². The minimum Gasteiger partial charge on any atom is -0.493 e. The quantitative estimate of drug-likeness (QED) is 0.679. The molecule has 4 rings (SSSR count). The number of methoxy groups -OCH3 is 1. The van der Waals surface area contributed by atoms with Crippen LogP contribution in [0.25, 0.3) is 11.5 Å². The van der Waals surface area contributed by atoms with Gasteiger partial charge in [0.05, 0.1) is 7.11 Å². The number of aromatic nitrogens is 2. The van der Waals surface area contributed by atoms with Crippen LogP contribution in [0.2, 0.25) is 0 Å². The van der Waals surface area contributed by atoms with Crippen molar-refractivity contribution < 1.29 is 23.4 Å². The summed E-state index contributed by atoms with van der Waals surface area (Å²) in [4.78, 5) is 8.47. The first-order chi connectivity index (χ1) is 13.2. The number of pyridine rings is 1. The number of hydrogen-bond donors (Lipinski definition) is 0. The SMILES string of the molecule is COc1cc(-c2nc(COc3cccnc3C#N)c(C)o2)cc2c1OCO2. The van der Waals surface area contributed by atoms with Crippen LogP contribution < -0.4 is 18.9 Å². The van der Waals surface area contributed by atoms with Gasteiger partial charge in [-0.15, -0.1) is 0 Å². The topological polar surface area (TPSA) is 99.6 Å². The zero-order valence-corrected chi connectivity index (χ0v) is 14.7. The highest BCUT2D eigenvalue weighted by atomic mass is 16.7. The van der Waals surface area contributed by atoms with Gasteiger partial charge in [-0.2, -0.15) is 5.26 Å². The first-order valence-corrected chi connectivity index (χ1v) is 8.12. The van der Waals surface area contributed by atoms with Crippen LogP contribution in [0.3, 0.4) is 0 Å². The Hall–Kier alpha value is -3.73. The predicted octanol–water partition coefficient (Wildman–Crippen LogP) is 3.23. The van der Waals surface area contributed by atoms with Crippen LogP contribution >= 0.6 is 0 Å². The van der Waals surface area contributed by atoms with Crippen molar-refractivity contribution in [1.82, 2.24) is 9.97 Å². The number of oxazole rings is 1. The van der Waals surface area contributed by atoms with E-state index in [0.717, 1.165) is 0 Å². The second kappa shape index (κ2) is 6.88. The Morgan fingerprint density at radius 1 is 1.26 bits per heavy atom. The first-order valence-electron chi connectivity index (χ1n) is 8.12. The van der Waals surface area contributed by atoms with Crippen molar-refractivity contribution in [2.24, 2.45) is 0 Å². The van der Waals surface area contributed by atoms with E-state index in [1.807, 2.05) is 6.07 Å². The molecule has 0 fully saturated rings. The van der Waals surface area contributed by atoms with Crippen molar-refractivity contribution in [1.29, 1.82) is 5.26 Å². The molecule has 0 saturated heterocycles. The molecule has 0 N–H and O–H groups in total. The van der Waals surface area contributed by atoms with Crippen LogP contribution in [0.15, 0.2) is 34.9 Å². The van der Waals surface area contributed by atoms with Gasteiger partial charge in [0.25, 0.3) is 0 Å². The van der Waals surface area contributed by atoms with Crippen LogP contribution in [0.1, 0.15) is 17.1 Å². The summed E-state index contributed by atoms with van der Waals surface area (Å²) < 4.78 is 27.7. The summed E-state index contributed by atoms with van der Waals surface area (Å²) in [6.07, 6.45) is 1.54. The molecule has 3 heterocycles. The van der Waals surface area contributed by atoms with Gasteiger partial charge in [0.2, 0.25) is 18.4 Å². The molecule has 0 spiro atoms. The van der Waals surface area contributed by atoms with E-state index in [0.29, 0.717) is 45.9 Å². The maximum Gasteiger partial charge on any atom is 0.231 e. The largest absolute Gasteiger partial charge is 0.493 e. The fourth-order valence-corrected chi connectivity index (χ4v) is 2.68. The second-order valence-corrected chi connectivity index (χ2v) is 5.68. The molecule has 1 aromatic carbocycles. The van der Waals surface area contributed by atoms with Crippen LogP contribution in [-0.4, -0.2) is 23.9 Å². The second-order valence-electron chi connectivity index (χ2n) is 5.68. The van der Waals surface area contributed by atoms with E-state index in [2.05, 4.69) is 9.97 Å². The highest BCUT2D eigenvalue weighted by molar-refractivity contribution is 5.66. The predicted molar refractivity (Wildman–Crippen MR) is 92.6 cm³/mol. The summed E-state index contributed by atoms with van der Waals surface area (Å²) in [5.74, 6) is 3.11. The molecular formula is C19H15N3O5. The molecule has 0 radical (unpaired) electrons. The van der Waals surface area contributed by atoms with Gasteiger partial charge in [-0.1, -0.05) is 0 Å². The van der Waals surface area contributed by atoms with Crippen LogP contribution in [0.4, 0.5) is 0 Å². The van der Waals surface area contributed by atoms with E-state index in [-0.39, 0.29) is 19.1 Å². The minimum absolute atomic E-state index is 0.144.